The summed E-state index contributed by atoms with van der Waals surface area (Å²) < 4.78 is 7.80. The number of carbonyl (C=O) groups is 1. The van der Waals surface area contributed by atoms with Crippen molar-refractivity contribution < 1.29 is 9.53 Å². The molecular weight excluding hydrogens is 400 g/mol. The van der Waals surface area contributed by atoms with Crippen LogP contribution in [0.4, 0.5) is 5.82 Å². The van der Waals surface area contributed by atoms with Crippen molar-refractivity contribution in [1.82, 2.24) is 14.6 Å². The van der Waals surface area contributed by atoms with E-state index in [2.05, 4.69) is 16.1 Å². The first-order chi connectivity index (χ1) is 15.7. The molecule has 0 unspecified atom stereocenters. The van der Waals surface area contributed by atoms with Crippen molar-refractivity contribution in [3.63, 3.8) is 0 Å². The lowest BCUT2D eigenvalue weighted by atomic mass is 9.86. The van der Waals surface area contributed by atoms with Crippen LogP contribution in [0.1, 0.15) is 51.1 Å². The molecule has 0 bridgehead atoms. The van der Waals surface area contributed by atoms with E-state index in [9.17, 15) is 4.79 Å². The Kier molecular flexibility index (Phi) is 6.50. The number of Topliss-reactive ketones (excluding diaryl/α,β-unsaturated/α-hetero) is 1. The molecule has 4 aromatic rings. The fourth-order valence-corrected chi connectivity index (χ4v) is 4.17. The number of aromatic nitrogens is 3. The molecule has 0 atom stereocenters. The number of anilines is 1. The number of fused-ring (bicyclic) bond motifs is 1. The SMILES string of the molecule is CC.Nc1ncnn2c(C3CCC(=O)CC3)cc(-c3ccc(Oc4ccccc4)cc3)c12. The molecule has 1 aliphatic rings. The van der Waals surface area contributed by atoms with E-state index >= 15 is 0 Å². The molecule has 2 heterocycles. The van der Waals surface area contributed by atoms with E-state index in [4.69, 9.17) is 10.5 Å². The molecule has 32 heavy (non-hydrogen) atoms. The number of rotatable bonds is 4. The number of carbonyl (C=O) groups excluding carboxylic acids is 1. The van der Waals surface area contributed by atoms with Gasteiger partial charge in [0.25, 0.3) is 0 Å². The Hall–Kier alpha value is -3.67. The largest absolute Gasteiger partial charge is 0.457 e. The van der Waals surface area contributed by atoms with Crippen LogP contribution < -0.4 is 10.5 Å². The highest BCUT2D eigenvalue weighted by molar-refractivity contribution is 5.88. The highest BCUT2D eigenvalue weighted by Crippen LogP contribution is 2.38. The van der Waals surface area contributed by atoms with Crippen molar-refractivity contribution in [2.45, 2.75) is 45.4 Å². The first-order valence-corrected chi connectivity index (χ1v) is 11.2. The van der Waals surface area contributed by atoms with Crippen molar-refractivity contribution in [3.8, 4) is 22.6 Å². The van der Waals surface area contributed by atoms with E-state index < -0.39 is 0 Å². The Morgan fingerprint density at radius 3 is 2.31 bits per heavy atom. The monoisotopic (exact) mass is 428 g/mol. The van der Waals surface area contributed by atoms with Gasteiger partial charge in [0, 0.05) is 30.0 Å². The molecule has 2 aromatic heterocycles. The van der Waals surface area contributed by atoms with Crippen LogP contribution in [-0.4, -0.2) is 20.4 Å². The van der Waals surface area contributed by atoms with Gasteiger partial charge in [-0.15, -0.1) is 0 Å². The number of ketones is 1. The van der Waals surface area contributed by atoms with Crippen LogP contribution in [0.25, 0.3) is 16.6 Å². The molecule has 5 rings (SSSR count). The summed E-state index contributed by atoms with van der Waals surface area (Å²) in [6, 6.07) is 19.8. The second-order valence-corrected chi connectivity index (χ2v) is 7.64. The van der Waals surface area contributed by atoms with Crippen LogP contribution >= 0.6 is 0 Å². The molecule has 0 aliphatic heterocycles. The highest BCUT2D eigenvalue weighted by Gasteiger charge is 2.25. The minimum Gasteiger partial charge on any atom is -0.457 e. The van der Waals surface area contributed by atoms with Crippen LogP contribution in [0.3, 0.4) is 0 Å². The van der Waals surface area contributed by atoms with Crippen LogP contribution in [0.2, 0.25) is 0 Å². The van der Waals surface area contributed by atoms with Crippen molar-refractivity contribution in [3.05, 3.63) is 72.7 Å². The number of para-hydroxylation sites is 1. The Bertz CT molecular complexity index is 1190. The number of nitrogens with two attached hydrogens (primary N) is 1. The summed E-state index contributed by atoms with van der Waals surface area (Å²) in [4.78, 5) is 15.9. The maximum absolute atomic E-state index is 11.7. The number of nitrogen functional groups attached to an aromatic ring is 1. The summed E-state index contributed by atoms with van der Waals surface area (Å²) in [5, 5.41) is 4.47. The number of hydrogen-bond acceptors (Lipinski definition) is 5. The molecule has 0 saturated heterocycles. The zero-order valence-electron chi connectivity index (χ0n) is 18.5. The van der Waals surface area contributed by atoms with Crippen LogP contribution in [0.5, 0.6) is 11.5 Å². The van der Waals surface area contributed by atoms with E-state index in [-0.39, 0.29) is 0 Å². The quantitative estimate of drug-likeness (QED) is 0.429. The molecule has 1 aliphatic carbocycles. The second-order valence-electron chi connectivity index (χ2n) is 7.64. The van der Waals surface area contributed by atoms with Crippen LogP contribution in [0, 0.1) is 0 Å². The average molecular weight is 429 g/mol. The minimum absolute atomic E-state index is 0.291. The van der Waals surface area contributed by atoms with Gasteiger partial charge in [0.1, 0.15) is 29.1 Å². The van der Waals surface area contributed by atoms with Gasteiger partial charge < -0.3 is 10.5 Å². The maximum Gasteiger partial charge on any atom is 0.151 e. The van der Waals surface area contributed by atoms with Gasteiger partial charge in [-0.25, -0.2) is 9.50 Å². The Labute approximate surface area is 188 Å². The van der Waals surface area contributed by atoms with Crippen LogP contribution in [-0.2, 0) is 4.79 Å². The van der Waals surface area contributed by atoms with Gasteiger partial charge in [-0.2, -0.15) is 5.10 Å². The zero-order valence-corrected chi connectivity index (χ0v) is 18.5. The molecule has 0 amide bonds. The standard InChI is InChI=1S/C24H22N4O2.C2H6/c25-24-23-21(16-8-12-20(13-9-16)30-19-4-2-1-3-5-19)14-22(28(23)27-15-26-24)17-6-10-18(29)11-7-17;1-2/h1-5,8-9,12-15,17H,6-7,10-11H2,(H2,25,26,27);1-2H3. The maximum atomic E-state index is 11.7. The summed E-state index contributed by atoms with van der Waals surface area (Å²) in [7, 11) is 0. The van der Waals surface area contributed by atoms with E-state index in [1.165, 1.54) is 6.33 Å². The lowest BCUT2D eigenvalue weighted by Gasteiger charge is -2.20. The molecule has 0 spiro atoms. The summed E-state index contributed by atoms with van der Waals surface area (Å²) in [5.74, 6) is 2.65. The smallest absolute Gasteiger partial charge is 0.151 e. The molecule has 1 saturated carbocycles. The molecule has 1 fully saturated rings. The van der Waals surface area contributed by atoms with E-state index in [1.807, 2.05) is 73.0 Å². The van der Waals surface area contributed by atoms with E-state index in [0.29, 0.717) is 30.4 Å². The molecule has 164 valence electrons. The molecule has 2 N–H and O–H groups in total. The topological polar surface area (TPSA) is 82.5 Å². The van der Waals surface area contributed by atoms with Gasteiger partial charge in [0.2, 0.25) is 0 Å². The highest BCUT2D eigenvalue weighted by atomic mass is 16.5. The minimum atomic E-state index is 0.291. The van der Waals surface area contributed by atoms with Crippen molar-refractivity contribution in [1.29, 1.82) is 0 Å². The third-order valence-electron chi connectivity index (χ3n) is 5.72. The summed E-state index contributed by atoms with van der Waals surface area (Å²) in [6.45, 7) is 4.00. The lowest BCUT2D eigenvalue weighted by molar-refractivity contribution is -0.120. The van der Waals surface area contributed by atoms with Gasteiger partial charge in [-0.05, 0) is 48.7 Å². The first-order valence-electron chi connectivity index (χ1n) is 11.2. The predicted molar refractivity (Wildman–Crippen MR) is 127 cm³/mol. The van der Waals surface area contributed by atoms with Gasteiger partial charge in [-0.3, -0.25) is 4.79 Å². The Morgan fingerprint density at radius 1 is 0.969 bits per heavy atom. The summed E-state index contributed by atoms with van der Waals surface area (Å²) in [5.41, 5.74) is 10.1. The molecule has 6 nitrogen and oxygen atoms in total. The fraction of sp³-hybridized carbons (Fsp3) is 0.269. The third-order valence-corrected chi connectivity index (χ3v) is 5.72. The van der Waals surface area contributed by atoms with Crippen molar-refractivity contribution >= 4 is 17.1 Å². The number of nitrogens with zero attached hydrogens (tertiary/aromatic N) is 3. The Balaban J connectivity index is 0.00000119. The number of benzene rings is 2. The molecule has 2 aromatic carbocycles. The van der Waals surface area contributed by atoms with Gasteiger partial charge in [-0.1, -0.05) is 44.2 Å². The second kappa shape index (κ2) is 9.64. The molecule has 6 heteroatoms. The summed E-state index contributed by atoms with van der Waals surface area (Å²) in [6.07, 6.45) is 4.43. The van der Waals surface area contributed by atoms with E-state index in [0.717, 1.165) is 46.7 Å². The van der Waals surface area contributed by atoms with Gasteiger partial charge >= 0.3 is 0 Å². The third kappa shape index (κ3) is 4.35. The number of ether oxygens (including phenoxy) is 1. The molecular formula is C26H28N4O2. The van der Waals surface area contributed by atoms with Gasteiger partial charge in [0.15, 0.2) is 5.82 Å². The van der Waals surface area contributed by atoms with E-state index in [1.54, 1.807) is 0 Å². The zero-order chi connectivity index (χ0) is 22.5. The normalized spacial score (nSPS) is 14.1. The first kappa shape index (κ1) is 21.6. The Morgan fingerprint density at radius 2 is 1.62 bits per heavy atom. The number of hydrogen-bond donors (Lipinski definition) is 1. The predicted octanol–water partition coefficient (Wildman–Crippen LogP) is 6.02. The van der Waals surface area contributed by atoms with Gasteiger partial charge in [0.05, 0.1) is 0 Å². The lowest BCUT2D eigenvalue weighted by Crippen LogP contribution is -2.14. The van der Waals surface area contributed by atoms with Crippen molar-refractivity contribution in [2.75, 3.05) is 5.73 Å². The summed E-state index contributed by atoms with van der Waals surface area (Å²) >= 11 is 0. The van der Waals surface area contributed by atoms with Crippen molar-refractivity contribution in [2.24, 2.45) is 0 Å². The van der Waals surface area contributed by atoms with Crippen LogP contribution in [0.15, 0.2) is 67.0 Å². The fourth-order valence-electron chi connectivity index (χ4n) is 4.17. The average Bonchev–Trinajstić information content (AvgIpc) is 3.23. The molecule has 0 radical (unpaired) electrons.